The third kappa shape index (κ3) is 4.45. The van der Waals surface area contributed by atoms with E-state index in [1.807, 2.05) is 0 Å². The lowest BCUT2D eigenvalue weighted by Gasteiger charge is -2.27. The number of amides is 1. The SMILES string of the molecule is Cc1cc(C(C)(C=O)NC(=O)OC(C)(C)C)nc(Cl)n1. The van der Waals surface area contributed by atoms with Gasteiger partial charge in [-0.2, -0.15) is 0 Å². The summed E-state index contributed by atoms with van der Waals surface area (Å²) in [5, 5.41) is 2.51. The molecule has 0 aliphatic heterocycles. The summed E-state index contributed by atoms with van der Waals surface area (Å²) in [6.07, 6.45) is -0.130. The van der Waals surface area contributed by atoms with E-state index in [4.69, 9.17) is 16.3 Å². The van der Waals surface area contributed by atoms with Crippen LogP contribution in [0.15, 0.2) is 6.07 Å². The van der Waals surface area contributed by atoms with Crippen molar-refractivity contribution in [2.45, 2.75) is 45.8 Å². The summed E-state index contributed by atoms with van der Waals surface area (Å²) in [4.78, 5) is 31.1. The summed E-state index contributed by atoms with van der Waals surface area (Å²) in [7, 11) is 0. The Kier molecular flexibility index (Phi) is 4.70. The molecule has 1 aromatic heterocycles. The van der Waals surface area contributed by atoms with Gasteiger partial charge in [-0.05, 0) is 52.3 Å². The van der Waals surface area contributed by atoms with E-state index in [2.05, 4.69) is 15.3 Å². The molecule has 0 aliphatic rings. The number of alkyl carbamates (subject to hydrolysis) is 1. The minimum Gasteiger partial charge on any atom is -0.444 e. The fourth-order valence-corrected chi connectivity index (χ4v) is 1.69. The highest BCUT2D eigenvalue weighted by Crippen LogP contribution is 2.19. The summed E-state index contributed by atoms with van der Waals surface area (Å²) < 4.78 is 5.13. The van der Waals surface area contributed by atoms with Crippen LogP contribution in [0.5, 0.6) is 0 Å². The van der Waals surface area contributed by atoms with Crippen LogP contribution in [0, 0.1) is 6.92 Å². The number of halogens is 1. The lowest BCUT2D eigenvalue weighted by molar-refractivity contribution is -0.113. The highest BCUT2D eigenvalue weighted by molar-refractivity contribution is 6.28. The van der Waals surface area contributed by atoms with Crippen molar-refractivity contribution in [3.63, 3.8) is 0 Å². The van der Waals surface area contributed by atoms with Crippen LogP contribution < -0.4 is 5.32 Å². The van der Waals surface area contributed by atoms with Gasteiger partial charge in [0.1, 0.15) is 11.1 Å². The molecule has 6 nitrogen and oxygen atoms in total. The van der Waals surface area contributed by atoms with Crippen LogP contribution in [-0.4, -0.2) is 27.9 Å². The van der Waals surface area contributed by atoms with Gasteiger partial charge in [-0.25, -0.2) is 14.8 Å². The van der Waals surface area contributed by atoms with Gasteiger partial charge in [0, 0.05) is 5.69 Å². The van der Waals surface area contributed by atoms with Gasteiger partial charge < -0.3 is 14.8 Å². The fraction of sp³-hybridized carbons (Fsp3) is 0.538. The highest BCUT2D eigenvalue weighted by atomic mass is 35.5. The zero-order valence-electron chi connectivity index (χ0n) is 12.2. The maximum absolute atomic E-state index is 11.8. The number of carbonyl (C=O) groups is 2. The fourth-order valence-electron chi connectivity index (χ4n) is 1.47. The van der Waals surface area contributed by atoms with E-state index < -0.39 is 17.2 Å². The van der Waals surface area contributed by atoms with Crippen molar-refractivity contribution in [3.05, 3.63) is 22.7 Å². The first-order valence-corrected chi connectivity index (χ1v) is 6.43. The largest absolute Gasteiger partial charge is 0.444 e. The molecule has 0 fully saturated rings. The molecule has 0 saturated heterocycles. The number of rotatable bonds is 3. The topological polar surface area (TPSA) is 81.2 Å². The minimum atomic E-state index is -1.33. The van der Waals surface area contributed by atoms with E-state index in [-0.39, 0.29) is 5.28 Å². The zero-order valence-corrected chi connectivity index (χ0v) is 12.9. The number of carbonyl (C=O) groups excluding carboxylic acids is 2. The highest BCUT2D eigenvalue weighted by Gasteiger charge is 2.32. The number of ether oxygens (including phenoxy) is 1. The number of aromatic nitrogens is 2. The number of aldehydes is 1. The van der Waals surface area contributed by atoms with Crippen LogP contribution in [-0.2, 0) is 15.1 Å². The van der Waals surface area contributed by atoms with Gasteiger partial charge in [-0.1, -0.05) is 0 Å². The molecule has 1 heterocycles. The minimum absolute atomic E-state index is 0.0130. The zero-order chi connectivity index (χ0) is 15.6. The molecule has 1 atom stereocenters. The van der Waals surface area contributed by atoms with E-state index in [1.54, 1.807) is 33.8 Å². The van der Waals surface area contributed by atoms with Crippen molar-refractivity contribution in [2.75, 3.05) is 0 Å². The molecule has 0 saturated carbocycles. The molecule has 1 N–H and O–H groups in total. The van der Waals surface area contributed by atoms with Crippen LogP contribution in [0.25, 0.3) is 0 Å². The molecule has 110 valence electrons. The Hall–Kier alpha value is -1.69. The standard InChI is InChI=1S/C13H18ClN3O3/c1-8-6-9(16-10(14)15-8)13(5,7-18)17-11(19)20-12(2,3)4/h6-7H,1-5H3,(H,17,19). The first-order chi connectivity index (χ1) is 9.05. The van der Waals surface area contributed by atoms with E-state index in [9.17, 15) is 9.59 Å². The number of hydrogen-bond acceptors (Lipinski definition) is 5. The maximum Gasteiger partial charge on any atom is 0.408 e. The normalized spacial score (nSPS) is 14.3. The summed E-state index contributed by atoms with van der Waals surface area (Å²) in [5.74, 6) is 0. The Morgan fingerprint density at radius 1 is 1.35 bits per heavy atom. The van der Waals surface area contributed by atoms with E-state index >= 15 is 0 Å². The molecule has 0 bridgehead atoms. The van der Waals surface area contributed by atoms with Gasteiger partial charge in [0.05, 0.1) is 5.69 Å². The Balaban J connectivity index is 3.02. The predicted octanol–water partition coefficient (Wildman–Crippen LogP) is 2.38. The van der Waals surface area contributed by atoms with Crippen molar-refractivity contribution < 1.29 is 14.3 Å². The summed E-state index contributed by atoms with van der Waals surface area (Å²) >= 11 is 5.77. The van der Waals surface area contributed by atoms with Crippen molar-refractivity contribution >= 4 is 24.0 Å². The van der Waals surface area contributed by atoms with Crippen LogP contribution in [0.4, 0.5) is 4.79 Å². The summed E-state index contributed by atoms with van der Waals surface area (Å²) in [6, 6.07) is 1.58. The van der Waals surface area contributed by atoms with Crippen LogP contribution >= 0.6 is 11.6 Å². The lowest BCUT2D eigenvalue weighted by atomic mass is 9.99. The molecular weight excluding hydrogens is 282 g/mol. The van der Waals surface area contributed by atoms with Gasteiger partial charge in [0.25, 0.3) is 0 Å². The lowest BCUT2D eigenvalue weighted by Crippen LogP contribution is -2.47. The predicted molar refractivity (Wildman–Crippen MR) is 74.6 cm³/mol. The third-order valence-corrected chi connectivity index (χ3v) is 2.52. The molecular formula is C13H18ClN3O3. The monoisotopic (exact) mass is 299 g/mol. The van der Waals surface area contributed by atoms with Gasteiger partial charge in [0.2, 0.25) is 5.28 Å². The Morgan fingerprint density at radius 2 is 1.95 bits per heavy atom. The van der Waals surface area contributed by atoms with Crippen molar-refractivity contribution in [3.8, 4) is 0 Å². The molecule has 0 aliphatic carbocycles. The molecule has 0 radical (unpaired) electrons. The molecule has 7 heteroatoms. The molecule has 20 heavy (non-hydrogen) atoms. The van der Waals surface area contributed by atoms with Crippen LogP contribution in [0.2, 0.25) is 5.28 Å². The quantitative estimate of drug-likeness (QED) is 0.684. The Labute approximate surface area is 122 Å². The van der Waals surface area contributed by atoms with Gasteiger partial charge in [-0.3, -0.25) is 0 Å². The molecule has 0 aromatic carbocycles. The first kappa shape index (κ1) is 16.4. The molecule has 0 spiro atoms. The molecule has 1 rings (SSSR count). The Bertz CT molecular complexity index is 508. The van der Waals surface area contributed by atoms with Crippen LogP contribution in [0.3, 0.4) is 0 Å². The smallest absolute Gasteiger partial charge is 0.408 e. The second kappa shape index (κ2) is 5.75. The van der Waals surface area contributed by atoms with E-state index in [0.29, 0.717) is 17.7 Å². The van der Waals surface area contributed by atoms with Crippen molar-refractivity contribution in [1.29, 1.82) is 0 Å². The molecule has 1 amide bonds. The van der Waals surface area contributed by atoms with Gasteiger partial charge in [-0.15, -0.1) is 0 Å². The first-order valence-electron chi connectivity index (χ1n) is 6.05. The average Bonchev–Trinajstić information content (AvgIpc) is 2.24. The third-order valence-electron chi connectivity index (χ3n) is 2.36. The van der Waals surface area contributed by atoms with E-state index in [0.717, 1.165) is 0 Å². The summed E-state index contributed by atoms with van der Waals surface area (Å²) in [5.41, 5.74) is -1.10. The van der Waals surface area contributed by atoms with Crippen LogP contribution in [0.1, 0.15) is 39.1 Å². The number of nitrogens with one attached hydrogen (secondary N) is 1. The summed E-state index contributed by atoms with van der Waals surface area (Å²) in [6.45, 7) is 8.43. The second-order valence-corrected chi connectivity index (χ2v) is 5.95. The average molecular weight is 300 g/mol. The van der Waals surface area contributed by atoms with Gasteiger partial charge >= 0.3 is 6.09 Å². The van der Waals surface area contributed by atoms with Gasteiger partial charge in [0.15, 0.2) is 6.29 Å². The number of aryl methyl sites for hydroxylation is 1. The maximum atomic E-state index is 11.8. The van der Waals surface area contributed by atoms with Crippen molar-refractivity contribution in [2.24, 2.45) is 0 Å². The van der Waals surface area contributed by atoms with E-state index in [1.165, 1.54) is 6.92 Å². The van der Waals surface area contributed by atoms with Crippen molar-refractivity contribution in [1.82, 2.24) is 15.3 Å². The molecule has 1 aromatic rings. The second-order valence-electron chi connectivity index (χ2n) is 5.61. The molecule has 1 unspecified atom stereocenters. The number of hydrogen-bond donors (Lipinski definition) is 1. The Morgan fingerprint density at radius 3 is 2.40 bits per heavy atom. The number of nitrogens with zero attached hydrogens (tertiary/aromatic N) is 2.